The van der Waals surface area contributed by atoms with Crippen molar-refractivity contribution in [2.75, 3.05) is 11.5 Å². The van der Waals surface area contributed by atoms with Crippen LogP contribution in [-0.4, -0.2) is 0 Å². The smallest absolute Gasteiger partial charge is 0.0427 e. The van der Waals surface area contributed by atoms with Gasteiger partial charge in [-0.2, -0.15) is 0 Å². The number of hydrogen-bond acceptors (Lipinski definition) is 2. The van der Waals surface area contributed by atoms with Gasteiger partial charge >= 0.3 is 0 Å². The van der Waals surface area contributed by atoms with E-state index in [4.69, 9.17) is 11.5 Å². The fraction of sp³-hybridized carbons (Fsp3) is 0.474. The van der Waals surface area contributed by atoms with E-state index in [2.05, 4.69) is 19.1 Å². The first kappa shape index (κ1) is 15.7. The molecule has 0 heterocycles. The monoisotopic (exact) mass is 284 g/mol. The molecule has 2 rings (SSSR count). The first-order chi connectivity index (χ1) is 10.2. The van der Waals surface area contributed by atoms with Crippen molar-refractivity contribution in [3.8, 4) is 0 Å². The van der Waals surface area contributed by atoms with Gasteiger partial charge in [0.05, 0.1) is 0 Å². The Morgan fingerprint density at radius 1 is 0.810 bits per heavy atom. The van der Waals surface area contributed by atoms with Crippen molar-refractivity contribution in [1.29, 1.82) is 0 Å². The predicted molar refractivity (Wildman–Crippen MR) is 94.5 cm³/mol. The maximum absolute atomic E-state index is 6.31. The van der Waals surface area contributed by atoms with Gasteiger partial charge in [0.15, 0.2) is 0 Å². The van der Waals surface area contributed by atoms with Crippen LogP contribution in [0.4, 0.5) is 11.4 Å². The zero-order valence-electron chi connectivity index (χ0n) is 13.2. The van der Waals surface area contributed by atoms with Crippen molar-refractivity contribution in [3.05, 3.63) is 35.9 Å². The van der Waals surface area contributed by atoms with Crippen molar-refractivity contribution in [2.45, 2.75) is 58.3 Å². The lowest BCUT2D eigenvalue weighted by Crippen LogP contribution is -1.97. The highest BCUT2D eigenvalue weighted by molar-refractivity contribution is 5.96. The van der Waals surface area contributed by atoms with E-state index in [0.29, 0.717) is 0 Å². The Bertz CT molecular complexity index is 575. The van der Waals surface area contributed by atoms with Crippen LogP contribution in [0.2, 0.25) is 0 Å². The summed E-state index contributed by atoms with van der Waals surface area (Å²) < 4.78 is 0. The summed E-state index contributed by atoms with van der Waals surface area (Å²) in [6.45, 7) is 2.26. The van der Waals surface area contributed by atoms with Crippen molar-refractivity contribution in [1.82, 2.24) is 0 Å². The molecule has 114 valence electrons. The summed E-state index contributed by atoms with van der Waals surface area (Å²) in [6.07, 6.45) is 10.4. The Hall–Kier alpha value is -1.70. The lowest BCUT2D eigenvalue weighted by molar-refractivity contribution is 0.589. The Morgan fingerprint density at radius 2 is 1.48 bits per heavy atom. The number of unbranched alkanes of at least 4 members (excludes halogenated alkanes) is 6. The third kappa shape index (κ3) is 4.38. The number of nitrogens with two attached hydrogens (primary N) is 2. The molecular weight excluding hydrogens is 256 g/mol. The molecule has 2 aromatic rings. The average molecular weight is 284 g/mol. The lowest BCUT2D eigenvalue weighted by atomic mass is 9.99. The molecule has 0 aliphatic heterocycles. The summed E-state index contributed by atoms with van der Waals surface area (Å²) in [4.78, 5) is 0. The summed E-state index contributed by atoms with van der Waals surface area (Å²) in [5, 5.41) is 2.26. The van der Waals surface area contributed by atoms with E-state index in [-0.39, 0.29) is 0 Å². The molecule has 4 N–H and O–H groups in total. The number of anilines is 2. The molecule has 0 aromatic heterocycles. The van der Waals surface area contributed by atoms with E-state index in [1.807, 2.05) is 18.2 Å². The third-order valence-corrected chi connectivity index (χ3v) is 4.23. The first-order valence-corrected chi connectivity index (χ1v) is 8.29. The largest absolute Gasteiger partial charge is 0.399 e. The van der Waals surface area contributed by atoms with Crippen LogP contribution in [0.1, 0.15) is 57.4 Å². The van der Waals surface area contributed by atoms with Gasteiger partial charge in [-0.15, -0.1) is 0 Å². The zero-order chi connectivity index (χ0) is 15.1. The Morgan fingerprint density at radius 3 is 2.24 bits per heavy atom. The van der Waals surface area contributed by atoms with Gasteiger partial charge in [-0.1, -0.05) is 63.6 Å². The number of benzene rings is 2. The van der Waals surface area contributed by atoms with Crippen molar-refractivity contribution in [2.24, 2.45) is 0 Å². The Kier molecular flexibility index (Phi) is 5.91. The zero-order valence-corrected chi connectivity index (χ0v) is 13.2. The summed E-state index contributed by atoms with van der Waals surface area (Å²) >= 11 is 0. The summed E-state index contributed by atoms with van der Waals surface area (Å²) in [5.74, 6) is 0. The molecule has 2 aromatic carbocycles. The van der Waals surface area contributed by atoms with Gasteiger partial charge in [-0.05, 0) is 35.9 Å². The highest BCUT2D eigenvalue weighted by Crippen LogP contribution is 2.28. The molecule has 21 heavy (non-hydrogen) atoms. The van der Waals surface area contributed by atoms with E-state index < -0.39 is 0 Å². The number of nitrogen functional groups attached to an aromatic ring is 2. The second kappa shape index (κ2) is 7.92. The van der Waals surface area contributed by atoms with Gasteiger partial charge < -0.3 is 11.5 Å². The molecule has 0 amide bonds. The van der Waals surface area contributed by atoms with Gasteiger partial charge in [0.2, 0.25) is 0 Å². The van der Waals surface area contributed by atoms with Gasteiger partial charge in [0.1, 0.15) is 0 Å². The molecule has 0 saturated carbocycles. The molecule has 0 fully saturated rings. The molecule has 0 spiro atoms. The maximum Gasteiger partial charge on any atom is 0.0427 e. The fourth-order valence-corrected chi connectivity index (χ4v) is 2.90. The van der Waals surface area contributed by atoms with Crippen LogP contribution in [0.3, 0.4) is 0 Å². The molecule has 0 radical (unpaired) electrons. The highest BCUT2D eigenvalue weighted by atomic mass is 14.6. The van der Waals surface area contributed by atoms with E-state index in [9.17, 15) is 0 Å². The molecule has 0 aliphatic rings. The van der Waals surface area contributed by atoms with E-state index in [1.165, 1.54) is 55.9 Å². The Labute approximate surface area is 128 Å². The fourth-order valence-electron chi connectivity index (χ4n) is 2.90. The van der Waals surface area contributed by atoms with Crippen LogP contribution in [0.5, 0.6) is 0 Å². The quantitative estimate of drug-likeness (QED) is 0.510. The van der Waals surface area contributed by atoms with Crippen molar-refractivity contribution >= 4 is 22.1 Å². The SMILES string of the molecule is CCCCCCCCCc1ccc2ccc(N)cc2c1N. The minimum absolute atomic E-state index is 0.780. The Balaban J connectivity index is 1.89. The summed E-state index contributed by atoms with van der Waals surface area (Å²) in [7, 11) is 0. The molecule has 0 aliphatic carbocycles. The minimum atomic E-state index is 0.780. The lowest BCUT2D eigenvalue weighted by Gasteiger charge is -2.10. The van der Waals surface area contributed by atoms with Crippen LogP contribution in [0.15, 0.2) is 30.3 Å². The standard InChI is InChI=1S/C19H28N2/c1-2-3-4-5-6-7-8-9-16-11-10-15-12-13-17(20)14-18(15)19(16)21/h10-14H,2-9,20-21H2,1H3. The van der Waals surface area contributed by atoms with Crippen LogP contribution in [-0.2, 0) is 6.42 Å². The number of aryl methyl sites for hydroxylation is 1. The van der Waals surface area contributed by atoms with Gasteiger partial charge in [0, 0.05) is 16.8 Å². The first-order valence-electron chi connectivity index (χ1n) is 8.29. The normalized spacial score (nSPS) is 11.1. The molecule has 2 heteroatoms. The number of fused-ring (bicyclic) bond motifs is 1. The van der Waals surface area contributed by atoms with Crippen LogP contribution in [0.25, 0.3) is 10.8 Å². The molecule has 0 bridgehead atoms. The van der Waals surface area contributed by atoms with Crippen LogP contribution < -0.4 is 11.5 Å². The summed E-state index contributed by atoms with van der Waals surface area (Å²) in [6, 6.07) is 10.3. The average Bonchev–Trinajstić information content (AvgIpc) is 2.49. The molecule has 0 atom stereocenters. The number of hydrogen-bond donors (Lipinski definition) is 2. The van der Waals surface area contributed by atoms with Crippen molar-refractivity contribution < 1.29 is 0 Å². The van der Waals surface area contributed by atoms with Crippen molar-refractivity contribution in [3.63, 3.8) is 0 Å². The molecule has 0 unspecified atom stereocenters. The molecular formula is C19H28N2. The minimum Gasteiger partial charge on any atom is -0.399 e. The van der Waals surface area contributed by atoms with Crippen LogP contribution >= 0.6 is 0 Å². The molecule has 2 nitrogen and oxygen atoms in total. The maximum atomic E-state index is 6.31. The number of rotatable bonds is 8. The van der Waals surface area contributed by atoms with E-state index >= 15 is 0 Å². The third-order valence-electron chi connectivity index (χ3n) is 4.23. The van der Waals surface area contributed by atoms with Crippen LogP contribution in [0, 0.1) is 0 Å². The van der Waals surface area contributed by atoms with E-state index in [1.54, 1.807) is 0 Å². The molecule has 0 saturated heterocycles. The second-order valence-electron chi connectivity index (χ2n) is 5.99. The highest BCUT2D eigenvalue weighted by Gasteiger charge is 2.05. The second-order valence-corrected chi connectivity index (χ2v) is 5.99. The predicted octanol–water partition coefficient (Wildman–Crippen LogP) is 5.30. The van der Waals surface area contributed by atoms with Gasteiger partial charge in [0.25, 0.3) is 0 Å². The van der Waals surface area contributed by atoms with E-state index in [0.717, 1.165) is 23.2 Å². The summed E-state index contributed by atoms with van der Waals surface area (Å²) in [5.41, 5.74) is 15.1. The topological polar surface area (TPSA) is 52.0 Å². The van der Waals surface area contributed by atoms with Gasteiger partial charge in [-0.25, -0.2) is 0 Å². The van der Waals surface area contributed by atoms with Gasteiger partial charge in [-0.3, -0.25) is 0 Å².